The highest BCUT2D eigenvalue weighted by molar-refractivity contribution is 5.93. The van der Waals surface area contributed by atoms with Gasteiger partial charge in [0, 0.05) is 17.2 Å². The number of carboxylic acids is 1. The van der Waals surface area contributed by atoms with E-state index in [-0.39, 0.29) is 17.5 Å². The molecule has 1 heterocycles. The van der Waals surface area contributed by atoms with E-state index in [1.54, 1.807) is 18.2 Å². The molecule has 0 saturated heterocycles. The maximum Gasteiger partial charge on any atom is 0.335 e. The van der Waals surface area contributed by atoms with Crippen LogP contribution in [0.2, 0.25) is 0 Å². The fourth-order valence-electron chi connectivity index (χ4n) is 3.91. The van der Waals surface area contributed by atoms with Crippen LogP contribution in [0.1, 0.15) is 50.2 Å². The first-order chi connectivity index (χ1) is 12.0. The van der Waals surface area contributed by atoms with E-state index in [0.29, 0.717) is 11.5 Å². The molecule has 1 aliphatic heterocycles. The summed E-state index contributed by atoms with van der Waals surface area (Å²) in [5.74, 6) is -0.799. The topological polar surface area (TPSA) is 92.4 Å². The molecule has 1 amide bonds. The molecular formula is C20H18N2O3. The quantitative estimate of drug-likeness (QED) is 0.751. The van der Waals surface area contributed by atoms with Crippen molar-refractivity contribution in [2.24, 2.45) is 11.7 Å². The van der Waals surface area contributed by atoms with E-state index < -0.39 is 11.9 Å². The van der Waals surface area contributed by atoms with E-state index in [0.717, 1.165) is 23.2 Å². The molecule has 0 saturated carbocycles. The number of nitrogens with two attached hydrogens (primary N) is 1. The highest BCUT2D eigenvalue weighted by Gasteiger charge is 2.38. The lowest BCUT2D eigenvalue weighted by Crippen LogP contribution is -2.29. The Kier molecular flexibility index (Phi) is 3.57. The van der Waals surface area contributed by atoms with Gasteiger partial charge in [-0.15, -0.1) is 0 Å². The van der Waals surface area contributed by atoms with Crippen molar-refractivity contribution in [2.75, 3.05) is 5.32 Å². The van der Waals surface area contributed by atoms with Crippen LogP contribution in [0.15, 0.2) is 54.6 Å². The standard InChI is InChI=1S/C20H18N2O3/c21-19(23)13-8-9-17-16(10-13)14-2-1-3-15(14)18(22-17)11-4-6-12(7-5-11)20(24)25/h1-2,4-10,14-15,18,22H,3H2,(H2,21,23)(H,24,25)/t14-,15+,18+/m1/s1. The normalized spacial score (nSPS) is 23.4. The highest BCUT2D eigenvalue weighted by Crippen LogP contribution is 2.49. The van der Waals surface area contributed by atoms with E-state index in [4.69, 9.17) is 10.8 Å². The van der Waals surface area contributed by atoms with Gasteiger partial charge in [0.2, 0.25) is 5.91 Å². The summed E-state index contributed by atoms with van der Waals surface area (Å²) in [6, 6.07) is 12.6. The molecule has 0 bridgehead atoms. The Labute approximate surface area is 145 Å². The summed E-state index contributed by atoms with van der Waals surface area (Å²) in [5.41, 5.74) is 9.36. The second-order valence-electron chi connectivity index (χ2n) is 6.57. The largest absolute Gasteiger partial charge is 0.478 e. The van der Waals surface area contributed by atoms with Crippen molar-refractivity contribution in [2.45, 2.75) is 18.4 Å². The van der Waals surface area contributed by atoms with Crippen molar-refractivity contribution in [3.8, 4) is 0 Å². The summed E-state index contributed by atoms with van der Waals surface area (Å²) in [6.45, 7) is 0. The number of carboxylic acid groups (broad SMARTS) is 1. The molecule has 126 valence electrons. The Bertz CT molecular complexity index is 886. The van der Waals surface area contributed by atoms with Gasteiger partial charge < -0.3 is 16.2 Å². The average molecular weight is 334 g/mol. The molecular weight excluding hydrogens is 316 g/mol. The lowest BCUT2D eigenvalue weighted by molar-refractivity contribution is 0.0696. The van der Waals surface area contributed by atoms with Crippen molar-refractivity contribution in [1.29, 1.82) is 0 Å². The molecule has 5 nitrogen and oxygen atoms in total. The van der Waals surface area contributed by atoms with Crippen LogP contribution < -0.4 is 11.1 Å². The highest BCUT2D eigenvalue weighted by atomic mass is 16.4. The molecule has 0 unspecified atom stereocenters. The van der Waals surface area contributed by atoms with Gasteiger partial charge in [0.1, 0.15) is 0 Å². The maximum atomic E-state index is 11.5. The number of primary amides is 1. The number of carbonyl (C=O) groups excluding carboxylic acids is 1. The maximum absolute atomic E-state index is 11.5. The van der Waals surface area contributed by atoms with Crippen LogP contribution in [-0.4, -0.2) is 17.0 Å². The summed E-state index contributed by atoms with van der Waals surface area (Å²) < 4.78 is 0. The first-order valence-corrected chi connectivity index (χ1v) is 8.25. The van der Waals surface area contributed by atoms with Crippen LogP contribution in [0, 0.1) is 5.92 Å². The molecule has 4 rings (SSSR count). The number of carbonyl (C=O) groups is 2. The van der Waals surface area contributed by atoms with Gasteiger partial charge in [0.05, 0.1) is 11.6 Å². The molecule has 3 atom stereocenters. The van der Waals surface area contributed by atoms with E-state index in [1.807, 2.05) is 24.3 Å². The predicted octanol–water partition coefficient (Wildman–Crippen LogP) is 3.31. The van der Waals surface area contributed by atoms with E-state index in [9.17, 15) is 9.59 Å². The molecule has 2 aliphatic rings. The van der Waals surface area contributed by atoms with Crippen LogP contribution >= 0.6 is 0 Å². The number of nitrogens with one attached hydrogen (secondary N) is 1. The SMILES string of the molecule is NC(=O)c1ccc2c(c1)[C@@H]1C=CC[C@@H]1[C@H](c1ccc(C(=O)O)cc1)N2. The fraction of sp³-hybridized carbons (Fsp3) is 0.200. The third-order valence-electron chi connectivity index (χ3n) is 5.16. The smallest absolute Gasteiger partial charge is 0.335 e. The zero-order chi connectivity index (χ0) is 17.6. The minimum Gasteiger partial charge on any atom is -0.478 e. The molecule has 0 radical (unpaired) electrons. The van der Waals surface area contributed by atoms with Gasteiger partial charge in [-0.05, 0) is 53.8 Å². The number of amides is 1. The Morgan fingerprint density at radius 2 is 1.80 bits per heavy atom. The minimum absolute atomic E-state index is 0.0924. The van der Waals surface area contributed by atoms with Crippen molar-refractivity contribution in [1.82, 2.24) is 0 Å². The number of hydrogen-bond donors (Lipinski definition) is 3. The summed E-state index contributed by atoms with van der Waals surface area (Å²) in [6.07, 6.45) is 5.29. The number of hydrogen-bond acceptors (Lipinski definition) is 3. The lowest BCUT2D eigenvalue weighted by atomic mass is 9.76. The molecule has 1 aliphatic carbocycles. The Morgan fingerprint density at radius 3 is 2.48 bits per heavy atom. The Balaban J connectivity index is 1.72. The number of benzene rings is 2. The summed E-state index contributed by atoms with van der Waals surface area (Å²) >= 11 is 0. The van der Waals surface area contributed by atoms with Crippen LogP contribution in [-0.2, 0) is 0 Å². The van der Waals surface area contributed by atoms with Gasteiger partial charge in [-0.25, -0.2) is 4.79 Å². The van der Waals surface area contributed by atoms with Gasteiger partial charge in [-0.3, -0.25) is 4.79 Å². The van der Waals surface area contributed by atoms with Crippen LogP contribution in [0.3, 0.4) is 0 Å². The van der Waals surface area contributed by atoms with Gasteiger partial charge >= 0.3 is 5.97 Å². The third kappa shape index (κ3) is 2.58. The first kappa shape index (κ1) is 15.4. The zero-order valence-corrected chi connectivity index (χ0v) is 13.5. The Morgan fingerprint density at radius 1 is 1.08 bits per heavy atom. The molecule has 25 heavy (non-hydrogen) atoms. The summed E-state index contributed by atoms with van der Waals surface area (Å²) in [7, 11) is 0. The number of anilines is 1. The predicted molar refractivity (Wildman–Crippen MR) is 94.7 cm³/mol. The number of rotatable bonds is 3. The lowest BCUT2D eigenvalue weighted by Gasteiger charge is -2.37. The first-order valence-electron chi connectivity index (χ1n) is 8.25. The van der Waals surface area contributed by atoms with Crippen LogP contribution in [0.4, 0.5) is 5.69 Å². The summed E-state index contributed by atoms with van der Waals surface area (Å²) in [4.78, 5) is 22.5. The molecule has 4 N–H and O–H groups in total. The molecule has 0 fully saturated rings. The van der Waals surface area contributed by atoms with Crippen LogP contribution in [0.5, 0.6) is 0 Å². The fourth-order valence-corrected chi connectivity index (χ4v) is 3.91. The monoisotopic (exact) mass is 334 g/mol. The average Bonchev–Trinajstić information content (AvgIpc) is 3.10. The molecule has 0 spiro atoms. The van der Waals surface area contributed by atoms with Gasteiger partial charge in [0.15, 0.2) is 0 Å². The van der Waals surface area contributed by atoms with Gasteiger partial charge in [-0.2, -0.15) is 0 Å². The van der Waals surface area contributed by atoms with Gasteiger partial charge in [0.25, 0.3) is 0 Å². The molecule has 0 aromatic heterocycles. The zero-order valence-electron chi connectivity index (χ0n) is 13.5. The van der Waals surface area contributed by atoms with E-state index in [1.165, 1.54) is 0 Å². The minimum atomic E-state index is -0.923. The van der Waals surface area contributed by atoms with E-state index >= 15 is 0 Å². The van der Waals surface area contributed by atoms with Crippen LogP contribution in [0.25, 0.3) is 0 Å². The number of fused-ring (bicyclic) bond motifs is 3. The second kappa shape index (κ2) is 5.77. The van der Waals surface area contributed by atoms with Gasteiger partial charge in [-0.1, -0.05) is 24.3 Å². The molecule has 2 aromatic carbocycles. The van der Waals surface area contributed by atoms with Crippen molar-refractivity contribution >= 4 is 17.6 Å². The second-order valence-corrected chi connectivity index (χ2v) is 6.57. The third-order valence-corrected chi connectivity index (χ3v) is 5.16. The van der Waals surface area contributed by atoms with Crippen molar-refractivity contribution in [3.05, 3.63) is 76.9 Å². The summed E-state index contributed by atoms with van der Waals surface area (Å²) in [5, 5.41) is 12.6. The number of aromatic carboxylic acids is 1. The number of allylic oxidation sites excluding steroid dienone is 2. The molecule has 5 heteroatoms. The van der Waals surface area contributed by atoms with Crippen molar-refractivity contribution < 1.29 is 14.7 Å². The Hall–Kier alpha value is -3.08. The molecule has 2 aromatic rings. The van der Waals surface area contributed by atoms with E-state index in [2.05, 4.69) is 17.5 Å². The van der Waals surface area contributed by atoms with Crippen molar-refractivity contribution in [3.63, 3.8) is 0 Å².